The molecule has 0 amide bonds. The molecule has 0 bridgehead atoms. The van der Waals surface area contributed by atoms with Crippen molar-refractivity contribution in [1.29, 1.82) is 0 Å². The Hall–Kier alpha value is -0.770. The van der Waals surface area contributed by atoms with Crippen LogP contribution in [0.3, 0.4) is 0 Å². The lowest BCUT2D eigenvalue weighted by Crippen LogP contribution is -2.04. The summed E-state index contributed by atoms with van der Waals surface area (Å²) in [5.41, 5.74) is -0.0616. The molecule has 0 nitrogen and oxygen atoms in total. The molecule has 4 heteroatoms. The van der Waals surface area contributed by atoms with Crippen molar-refractivity contribution in [2.75, 3.05) is 5.33 Å². The second kappa shape index (κ2) is 4.64. The topological polar surface area (TPSA) is 0 Å². The predicted octanol–water partition coefficient (Wildman–Crippen LogP) is 4.11. The molecular weight excluding hydrogens is 257 g/mol. The number of hydrogen-bond donors (Lipinski definition) is 0. The summed E-state index contributed by atoms with van der Waals surface area (Å²) in [6.45, 7) is 0. The number of allylic oxidation sites excluding steroid dienone is 1. The SMILES string of the molecule is FC(F)(F)c1cccc(/C=C/CBr)c1. The van der Waals surface area contributed by atoms with Crippen LogP contribution in [0.25, 0.3) is 6.08 Å². The maximum Gasteiger partial charge on any atom is 0.416 e. The smallest absolute Gasteiger partial charge is 0.166 e. The van der Waals surface area contributed by atoms with Gasteiger partial charge < -0.3 is 0 Å². The van der Waals surface area contributed by atoms with Crippen LogP contribution in [0.15, 0.2) is 30.3 Å². The molecule has 0 atom stereocenters. The van der Waals surface area contributed by atoms with E-state index in [1.54, 1.807) is 18.2 Å². The molecule has 14 heavy (non-hydrogen) atoms. The van der Waals surface area contributed by atoms with Crippen molar-refractivity contribution in [3.63, 3.8) is 0 Å². The van der Waals surface area contributed by atoms with Gasteiger partial charge in [0, 0.05) is 5.33 Å². The molecule has 76 valence electrons. The van der Waals surface area contributed by atoms with Crippen molar-refractivity contribution in [2.24, 2.45) is 0 Å². The van der Waals surface area contributed by atoms with Crippen LogP contribution < -0.4 is 0 Å². The Morgan fingerprint density at radius 2 is 2.00 bits per heavy atom. The fraction of sp³-hybridized carbons (Fsp3) is 0.200. The quantitative estimate of drug-likeness (QED) is 0.706. The van der Waals surface area contributed by atoms with E-state index in [0.29, 0.717) is 10.9 Å². The van der Waals surface area contributed by atoms with Gasteiger partial charge in [0.1, 0.15) is 0 Å². The van der Waals surface area contributed by atoms with E-state index in [-0.39, 0.29) is 0 Å². The van der Waals surface area contributed by atoms with Crippen LogP contribution in [0.1, 0.15) is 11.1 Å². The van der Waals surface area contributed by atoms with Crippen LogP contribution in [0.4, 0.5) is 13.2 Å². The minimum Gasteiger partial charge on any atom is -0.166 e. The van der Waals surface area contributed by atoms with E-state index in [1.165, 1.54) is 6.07 Å². The Morgan fingerprint density at radius 1 is 1.29 bits per heavy atom. The Balaban J connectivity index is 2.96. The van der Waals surface area contributed by atoms with Gasteiger partial charge in [0.2, 0.25) is 0 Å². The molecule has 0 fully saturated rings. The first-order valence-electron chi connectivity index (χ1n) is 3.94. The lowest BCUT2D eigenvalue weighted by molar-refractivity contribution is -0.137. The highest BCUT2D eigenvalue weighted by Gasteiger charge is 2.30. The average molecular weight is 265 g/mol. The van der Waals surface area contributed by atoms with Gasteiger partial charge in [-0.2, -0.15) is 13.2 Å². The zero-order valence-corrected chi connectivity index (χ0v) is 8.77. The van der Waals surface area contributed by atoms with Crippen LogP contribution in [0.5, 0.6) is 0 Å². The van der Waals surface area contributed by atoms with Gasteiger partial charge in [-0.1, -0.05) is 40.2 Å². The molecule has 0 N–H and O–H groups in total. The molecule has 1 aromatic carbocycles. The van der Waals surface area contributed by atoms with Gasteiger partial charge in [-0.25, -0.2) is 0 Å². The maximum atomic E-state index is 12.3. The summed E-state index contributed by atoms with van der Waals surface area (Å²) in [4.78, 5) is 0. The van der Waals surface area contributed by atoms with Crippen LogP contribution in [-0.2, 0) is 6.18 Å². The average Bonchev–Trinajstić information content (AvgIpc) is 2.14. The zero-order valence-electron chi connectivity index (χ0n) is 7.18. The Morgan fingerprint density at radius 3 is 2.57 bits per heavy atom. The monoisotopic (exact) mass is 264 g/mol. The summed E-state index contributed by atoms with van der Waals surface area (Å²) < 4.78 is 36.8. The first-order chi connectivity index (χ1) is 6.54. The zero-order chi connectivity index (χ0) is 10.6. The Bertz CT molecular complexity index is 328. The van der Waals surface area contributed by atoms with Gasteiger partial charge in [-0.15, -0.1) is 0 Å². The van der Waals surface area contributed by atoms with E-state index in [1.807, 2.05) is 0 Å². The van der Waals surface area contributed by atoms with Crippen LogP contribution >= 0.6 is 15.9 Å². The normalized spacial score (nSPS) is 12.3. The van der Waals surface area contributed by atoms with E-state index in [9.17, 15) is 13.2 Å². The second-order valence-corrected chi connectivity index (χ2v) is 3.33. The molecule has 1 rings (SSSR count). The van der Waals surface area contributed by atoms with Gasteiger partial charge in [-0.05, 0) is 17.7 Å². The molecule has 0 aliphatic rings. The van der Waals surface area contributed by atoms with Crippen molar-refractivity contribution < 1.29 is 13.2 Å². The van der Waals surface area contributed by atoms with Gasteiger partial charge >= 0.3 is 6.18 Å². The van der Waals surface area contributed by atoms with Crippen molar-refractivity contribution in [3.05, 3.63) is 41.5 Å². The standard InChI is InChI=1S/C10H8BrF3/c11-6-2-4-8-3-1-5-9(7-8)10(12,13)14/h1-5,7H,6H2/b4-2+. The fourth-order valence-corrected chi connectivity index (χ4v) is 1.19. The van der Waals surface area contributed by atoms with Crippen LogP contribution in [0, 0.1) is 0 Å². The minimum atomic E-state index is -4.27. The number of hydrogen-bond acceptors (Lipinski definition) is 0. The number of rotatable bonds is 2. The van der Waals surface area contributed by atoms with Gasteiger partial charge in [0.05, 0.1) is 5.56 Å². The molecule has 1 aromatic rings. The second-order valence-electron chi connectivity index (χ2n) is 2.68. The van der Waals surface area contributed by atoms with E-state index in [2.05, 4.69) is 15.9 Å². The van der Waals surface area contributed by atoms with Crippen molar-refractivity contribution in [3.8, 4) is 0 Å². The molecule has 0 aromatic heterocycles. The summed E-state index contributed by atoms with van der Waals surface area (Å²) in [5.74, 6) is 0. The first kappa shape index (κ1) is 11.3. The number of benzene rings is 1. The lowest BCUT2D eigenvalue weighted by atomic mass is 10.1. The van der Waals surface area contributed by atoms with Crippen molar-refractivity contribution in [1.82, 2.24) is 0 Å². The maximum absolute atomic E-state index is 12.3. The highest BCUT2D eigenvalue weighted by molar-refractivity contribution is 9.09. The molecule has 0 unspecified atom stereocenters. The lowest BCUT2D eigenvalue weighted by Gasteiger charge is -2.06. The van der Waals surface area contributed by atoms with E-state index in [0.717, 1.165) is 12.1 Å². The van der Waals surface area contributed by atoms with Gasteiger partial charge in [0.15, 0.2) is 0 Å². The first-order valence-corrected chi connectivity index (χ1v) is 5.06. The molecular formula is C10H8BrF3. The summed E-state index contributed by atoms with van der Waals surface area (Å²) in [6.07, 6.45) is -0.877. The highest BCUT2D eigenvalue weighted by atomic mass is 79.9. The van der Waals surface area contributed by atoms with Crippen LogP contribution in [-0.4, -0.2) is 5.33 Å². The van der Waals surface area contributed by atoms with Gasteiger partial charge in [0.25, 0.3) is 0 Å². The molecule has 0 saturated heterocycles. The molecule has 0 heterocycles. The van der Waals surface area contributed by atoms with Crippen molar-refractivity contribution in [2.45, 2.75) is 6.18 Å². The summed E-state index contributed by atoms with van der Waals surface area (Å²) in [5, 5.41) is 0.628. The van der Waals surface area contributed by atoms with Crippen molar-refractivity contribution >= 4 is 22.0 Å². The molecule has 0 saturated carbocycles. The summed E-state index contributed by atoms with van der Waals surface area (Å²) >= 11 is 3.16. The summed E-state index contributed by atoms with van der Waals surface area (Å²) in [7, 11) is 0. The Labute approximate surface area is 88.6 Å². The Kier molecular flexibility index (Phi) is 3.75. The largest absolute Gasteiger partial charge is 0.416 e. The predicted molar refractivity (Wildman–Crippen MR) is 54.3 cm³/mol. The minimum absolute atomic E-state index is 0.555. The third-order valence-electron chi connectivity index (χ3n) is 1.61. The van der Waals surface area contributed by atoms with E-state index in [4.69, 9.17) is 0 Å². The number of halogens is 4. The highest BCUT2D eigenvalue weighted by Crippen LogP contribution is 2.29. The van der Waals surface area contributed by atoms with E-state index >= 15 is 0 Å². The number of alkyl halides is 4. The fourth-order valence-electron chi connectivity index (χ4n) is 0.999. The van der Waals surface area contributed by atoms with E-state index < -0.39 is 11.7 Å². The van der Waals surface area contributed by atoms with Gasteiger partial charge in [-0.3, -0.25) is 0 Å². The molecule has 0 spiro atoms. The third kappa shape index (κ3) is 3.18. The van der Waals surface area contributed by atoms with Crippen LogP contribution in [0.2, 0.25) is 0 Å². The summed E-state index contributed by atoms with van der Waals surface area (Å²) in [6, 6.07) is 5.22. The third-order valence-corrected chi connectivity index (χ3v) is 1.99. The molecule has 0 aliphatic carbocycles. The molecule has 0 radical (unpaired) electrons. The molecule has 0 aliphatic heterocycles.